The first-order chi connectivity index (χ1) is 19.0. The number of hydrogen-bond acceptors (Lipinski definition) is 6. The number of aromatic nitrogens is 1. The van der Waals surface area contributed by atoms with Crippen LogP contribution in [0.1, 0.15) is 6.92 Å². The van der Waals surface area contributed by atoms with Gasteiger partial charge in [-0.25, -0.2) is 13.8 Å². The first kappa shape index (κ1) is 25.5. The second-order valence-electron chi connectivity index (χ2n) is 9.09. The van der Waals surface area contributed by atoms with Crippen LogP contribution in [0.5, 0.6) is 5.75 Å². The molecule has 6 rings (SSSR count). The second kappa shape index (κ2) is 10.8. The molecule has 0 spiro atoms. The van der Waals surface area contributed by atoms with Gasteiger partial charge in [-0.3, -0.25) is 0 Å². The minimum Gasteiger partial charge on any atom is -0.489 e. The van der Waals surface area contributed by atoms with Crippen molar-refractivity contribution in [1.29, 1.82) is 0 Å². The van der Waals surface area contributed by atoms with Gasteiger partial charge in [-0.15, -0.1) is 11.8 Å². The Morgan fingerprint density at radius 1 is 0.897 bits per heavy atom. The smallest absolute Gasteiger partial charge is 0.143 e. The summed E-state index contributed by atoms with van der Waals surface area (Å²) in [5.74, 6) is 1.07. The third-order valence-corrected chi connectivity index (χ3v) is 8.56. The third kappa shape index (κ3) is 5.27. The zero-order chi connectivity index (χ0) is 26.9. The van der Waals surface area contributed by atoms with Crippen LogP contribution >= 0.6 is 23.7 Å². The maximum atomic E-state index is 14.4. The van der Waals surface area contributed by atoms with Crippen LogP contribution in [0.4, 0.5) is 20.3 Å². The summed E-state index contributed by atoms with van der Waals surface area (Å²) in [4.78, 5) is 6.25. The quantitative estimate of drug-likeness (QED) is 0.167. The molecule has 1 aliphatic heterocycles. The number of ether oxygens (including phenoxy) is 1. The minimum atomic E-state index is -0.593. The van der Waals surface area contributed by atoms with Crippen LogP contribution in [-0.2, 0) is 0 Å². The fourth-order valence-corrected chi connectivity index (χ4v) is 6.22. The van der Waals surface area contributed by atoms with Gasteiger partial charge in [0.2, 0.25) is 0 Å². The average Bonchev–Trinajstić information content (AvgIpc) is 2.94. The molecular weight excluding hydrogens is 532 g/mol. The van der Waals surface area contributed by atoms with Crippen molar-refractivity contribution >= 4 is 46.1 Å². The number of pyridine rings is 1. The molecule has 39 heavy (non-hydrogen) atoms. The summed E-state index contributed by atoms with van der Waals surface area (Å²) < 4.78 is 35.6. The number of thioether (sulfide) groups is 1. The second-order valence-corrected chi connectivity index (χ2v) is 11.5. The topological polar surface area (TPSA) is 51.4 Å². The van der Waals surface area contributed by atoms with Crippen molar-refractivity contribution in [2.24, 2.45) is 0 Å². The maximum absolute atomic E-state index is 14.4. The molecule has 0 unspecified atom stereocenters. The van der Waals surface area contributed by atoms with E-state index in [2.05, 4.69) is 48.3 Å². The van der Waals surface area contributed by atoms with Gasteiger partial charge in [0.05, 0.1) is 22.6 Å². The van der Waals surface area contributed by atoms with Crippen LogP contribution in [0.3, 0.4) is 0 Å². The molecule has 2 N–H and O–H groups in total. The summed E-state index contributed by atoms with van der Waals surface area (Å²) in [6, 6.07) is 26.2. The van der Waals surface area contributed by atoms with Crippen molar-refractivity contribution in [2.45, 2.75) is 16.7 Å². The van der Waals surface area contributed by atoms with E-state index in [0.717, 1.165) is 56.4 Å². The Kier molecular flexibility index (Phi) is 7.06. The van der Waals surface area contributed by atoms with E-state index in [1.165, 1.54) is 29.0 Å². The van der Waals surface area contributed by atoms with Gasteiger partial charge in [-0.05, 0) is 89.0 Å². The summed E-state index contributed by atoms with van der Waals surface area (Å²) in [6.45, 7) is 3.18. The molecule has 4 aromatic carbocycles. The Hall–Kier alpha value is -3.75. The number of fused-ring (bicyclic) bond motifs is 2. The van der Waals surface area contributed by atoms with E-state index in [0.29, 0.717) is 23.9 Å². The average molecular weight is 558 g/mol. The molecule has 1 aliphatic rings. The monoisotopic (exact) mass is 557 g/mol. The minimum absolute atomic E-state index is 0.359. The molecule has 4 nitrogen and oxygen atoms in total. The Morgan fingerprint density at radius 2 is 1.67 bits per heavy atom. The highest BCUT2D eigenvalue weighted by atomic mass is 32.2. The predicted molar refractivity (Wildman–Crippen MR) is 158 cm³/mol. The molecule has 0 saturated heterocycles. The molecule has 0 bridgehead atoms. The number of nitrogens with zero attached hydrogens (tertiary/aromatic N) is 2. The highest BCUT2D eigenvalue weighted by Gasteiger charge is 2.22. The van der Waals surface area contributed by atoms with Gasteiger partial charge in [-0.1, -0.05) is 31.2 Å². The van der Waals surface area contributed by atoms with E-state index in [1.807, 2.05) is 34.6 Å². The van der Waals surface area contributed by atoms with Crippen molar-refractivity contribution in [2.75, 3.05) is 28.9 Å². The lowest BCUT2D eigenvalue weighted by atomic mass is 9.99. The fraction of sp³-hybridized carbons (Fsp3) is 0.129. The van der Waals surface area contributed by atoms with Gasteiger partial charge in [0.25, 0.3) is 0 Å². The summed E-state index contributed by atoms with van der Waals surface area (Å²) >= 11 is 3.04. The van der Waals surface area contributed by atoms with E-state index in [9.17, 15) is 8.78 Å². The number of anilines is 2. The van der Waals surface area contributed by atoms with Crippen LogP contribution in [0, 0.1) is 11.6 Å². The lowest BCUT2D eigenvalue weighted by molar-refractivity contribution is 0.317. The Morgan fingerprint density at radius 3 is 2.46 bits per heavy atom. The summed E-state index contributed by atoms with van der Waals surface area (Å²) in [7, 11) is 0. The maximum Gasteiger partial charge on any atom is 0.143 e. The fourth-order valence-electron chi connectivity index (χ4n) is 4.64. The van der Waals surface area contributed by atoms with Gasteiger partial charge >= 0.3 is 0 Å². The van der Waals surface area contributed by atoms with E-state index in [4.69, 9.17) is 10.5 Å². The van der Waals surface area contributed by atoms with Gasteiger partial charge in [-0.2, -0.15) is 0 Å². The first-order valence-corrected chi connectivity index (χ1v) is 14.4. The summed E-state index contributed by atoms with van der Waals surface area (Å²) in [5, 5.41) is 0.984. The van der Waals surface area contributed by atoms with E-state index in [1.54, 1.807) is 11.8 Å². The highest BCUT2D eigenvalue weighted by molar-refractivity contribution is 8.00. The van der Waals surface area contributed by atoms with Gasteiger partial charge < -0.3 is 14.8 Å². The Bertz CT molecular complexity index is 1680. The molecule has 1 aromatic heterocycles. The van der Waals surface area contributed by atoms with Crippen LogP contribution in [0.25, 0.3) is 33.2 Å². The van der Waals surface area contributed by atoms with Gasteiger partial charge in [0.15, 0.2) is 0 Å². The molecule has 196 valence electrons. The van der Waals surface area contributed by atoms with Crippen molar-refractivity contribution in [3.63, 3.8) is 0 Å². The number of rotatable bonds is 6. The molecule has 0 saturated carbocycles. The van der Waals surface area contributed by atoms with Crippen molar-refractivity contribution in [3.8, 4) is 28.0 Å². The predicted octanol–water partition coefficient (Wildman–Crippen LogP) is 8.45. The molecule has 2 heterocycles. The van der Waals surface area contributed by atoms with Crippen LogP contribution < -0.4 is 14.8 Å². The Balaban J connectivity index is 1.34. The first-order valence-electron chi connectivity index (χ1n) is 12.6. The normalized spacial score (nSPS) is 12.8. The van der Waals surface area contributed by atoms with E-state index in [-0.39, 0.29) is 0 Å². The molecular formula is C31H25F2N3OS2. The molecule has 0 fully saturated rings. The standard InChI is InChI=1S/C31H25F2N3OS2/c1-2-38-24-8-3-19(4-9-24)25-16-22-15-20(5-10-27(22)35-31(25)34)21-6-11-29-28(17-21)36(13-14-37-29)39-30-12-7-23(32)18-26(30)33/h3-12,15-18H,2,13-14H2,1H3,(H2,34,35). The SMILES string of the molecule is CCSc1ccc(-c2cc3cc(-c4ccc5c(c4)N(Sc4ccc(F)cc4F)CCO5)ccc3nc2N)cc1. The van der Waals surface area contributed by atoms with Crippen LogP contribution in [0.15, 0.2) is 94.7 Å². The summed E-state index contributed by atoms with van der Waals surface area (Å²) in [6.07, 6.45) is 0. The number of hydrogen-bond donors (Lipinski definition) is 1. The lowest BCUT2D eigenvalue weighted by Crippen LogP contribution is -2.27. The van der Waals surface area contributed by atoms with Crippen molar-refractivity contribution < 1.29 is 13.5 Å². The molecule has 0 aliphatic carbocycles. The van der Waals surface area contributed by atoms with Crippen LogP contribution in [0.2, 0.25) is 0 Å². The molecule has 0 radical (unpaired) electrons. The van der Waals surface area contributed by atoms with Crippen molar-refractivity contribution in [3.05, 3.63) is 96.6 Å². The third-order valence-electron chi connectivity index (χ3n) is 6.54. The summed E-state index contributed by atoms with van der Waals surface area (Å²) in [5.41, 5.74) is 11.9. The zero-order valence-electron chi connectivity index (χ0n) is 21.2. The van der Waals surface area contributed by atoms with E-state index >= 15 is 0 Å². The van der Waals surface area contributed by atoms with Crippen molar-refractivity contribution in [1.82, 2.24) is 4.98 Å². The molecule has 0 atom stereocenters. The molecule has 5 aromatic rings. The van der Waals surface area contributed by atoms with Gasteiger partial charge in [0, 0.05) is 21.9 Å². The number of benzene rings is 4. The Labute approximate surface area is 234 Å². The highest BCUT2D eigenvalue weighted by Crippen LogP contribution is 2.42. The largest absolute Gasteiger partial charge is 0.489 e. The van der Waals surface area contributed by atoms with E-state index < -0.39 is 11.6 Å². The zero-order valence-corrected chi connectivity index (χ0v) is 22.8. The molecule has 8 heteroatoms. The van der Waals surface area contributed by atoms with Gasteiger partial charge in [0.1, 0.15) is 29.8 Å². The lowest BCUT2D eigenvalue weighted by Gasteiger charge is -2.30. The van der Waals surface area contributed by atoms with Crippen LogP contribution in [-0.4, -0.2) is 23.9 Å². The molecule has 0 amide bonds. The number of nitrogens with two attached hydrogens (primary N) is 1. The number of nitrogen functional groups attached to an aromatic ring is 1. The number of halogens is 2.